The molecule has 0 atom stereocenters. The number of hydrogen-bond acceptors (Lipinski definition) is 0. The second-order valence-electron chi connectivity index (χ2n) is 12.5. The Kier molecular flexibility index (Phi) is 8.83. The van der Waals surface area contributed by atoms with Gasteiger partial charge in [0.2, 0.25) is 0 Å². The fraction of sp³-hybridized carbons (Fsp3) is 0.600. The minimum Gasteiger partial charge on any atom is -0.207 e. The summed E-state index contributed by atoms with van der Waals surface area (Å²) < 4.78 is 30.4. The van der Waals surface area contributed by atoms with Crippen LogP contribution in [0.3, 0.4) is 0 Å². The summed E-state index contributed by atoms with van der Waals surface area (Å²) in [6, 6.07) is 12.2. The SMILES string of the molecule is C=CC1CCC(c2ccc(C3CCC(c4ccc(C5CCC(CCC)CC5)c(F)c4)CC3)c(F)c2)CC1. The normalized spacial score (nSPS) is 30.7. The standard InChI is InChI=1S/C35H46F2/c1-3-5-25-8-12-28(13-9-25)32-20-19-31(23-34(32)36)27-14-16-29(17-15-27)33-21-18-30(22-35(33)37)26-10-6-24(4-2)7-11-26/h4,18-29H,2-3,5-17H2,1H3. The summed E-state index contributed by atoms with van der Waals surface area (Å²) >= 11 is 0. The molecule has 0 unspecified atom stereocenters. The Hall–Kier alpha value is -1.96. The second kappa shape index (κ2) is 12.3. The first-order valence-electron chi connectivity index (χ1n) is 15.3. The molecule has 200 valence electrons. The third-order valence-corrected chi connectivity index (χ3v) is 10.2. The average molecular weight is 505 g/mol. The number of benzene rings is 2. The van der Waals surface area contributed by atoms with Gasteiger partial charge in [-0.15, -0.1) is 6.58 Å². The number of rotatable bonds is 7. The molecule has 0 saturated heterocycles. The molecule has 0 aliphatic heterocycles. The van der Waals surface area contributed by atoms with Crippen LogP contribution in [0.4, 0.5) is 8.78 Å². The second-order valence-corrected chi connectivity index (χ2v) is 12.5. The first-order chi connectivity index (χ1) is 18.1. The zero-order chi connectivity index (χ0) is 25.8. The lowest BCUT2D eigenvalue weighted by atomic mass is 9.74. The number of halogens is 2. The van der Waals surface area contributed by atoms with E-state index >= 15 is 8.78 Å². The van der Waals surface area contributed by atoms with E-state index in [9.17, 15) is 0 Å². The van der Waals surface area contributed by atoms with Crippen LogP contribution in [0.1, 0.15) is 143 Å². The van der Waals surface area contributed by atoms with E-state index < -0.39 is 0 Å². The molecule has 3 fully saturated rings. The van der Waals surface area contributed by atoms with Crippen LogP contribution in [0.25, 0.3) is 0 Å². The molecule has 0 heterocycles. The maximum Gasteiger partial charge on any atom is 0.126 e. The quantitative estimate of drug-likeness (QED) is 0.329. The molecule has 0 spiro atoms. The van der Waals surface area contributed by atoms with Gasteiger partial charge in [0.05, 0.1) is 0 Å². The van der Waals surface area contributed by atoms with Crippen LogP contribution in [0.15, 0.2) is 49.1 Å². The Balaban J connectivity index is 1.16. The van der Waals surface area contributed by atoms with Crippen LogP contribution in [-0.4, -0.2) is 0 Å². The summed E-state index contributed by atoms with van der Waals surface area (Å²) in [5.74, 6) is 3.01. The van der Waals surface area contributed by atoms with Crippen molar-refractivity contribution in [3.05, 3.63) is 82.9 Å². The first-order valence-corrected chi connectivity index (χ1v) is 15.3. The maximum absolute atomic E-state index is 15.2. The minimum absolute atomic E-state index is 0.00215. The number of hydrogen-bond donors (Lipinski definition) is 0. The van der Waals surface area contributed by atoms with Crippen molar-refractivity contribution in [3.8, 4) is 0 Å². The average Bonchev–Trinajstić information content (AvgIpc) is 2.94. The monoisotopic (exact) mass is 504 g/mol. The lowest BCUT2D eigenvalue weighted by Crippen LogP contribution is -2.16. The zero-order valence-corrected chi connectivity index (χ0v) is 22.9. The molecule has 2 aromatic rings. The van der Waals surface area contributed by atoms with Crippen molar-refractivity contribution in [1.29, 1.82) is 0 Å². The Morgan fingerprint density at radius 1 is 0.649 bits per heavy atom. The van der Waals surface area contributed by atoms with Crippen LogP contribution in [0, 0.1) is 23.5 Å². The summed E-state index contributed by atoms with van der Waals surface area (Å²) in [4.78, 5) is 0. The Bertz CT molecular complexity index is 1030. The summed E-state index contributed by atoms with van der Waals surface area (Å²) in [6.07, 6.45) is 18.0. The Morgan fingerprint density at radius 2 is 1.08 bits per heavy atom. The molecular formula is C35H46F2. The van der Waals surface area contributed by atoms with Crippen LogP contribution >= 0.6 is 0 Å². The summed E-state index contributed by atoms with van der Waals surface area (Å²) in [6.45, 7) is 6.21. The molecule has 0 bridgehead atoms. The van der Waals surface area contributed by atoms with Crippen molar-refractivity contribution in [2.24, 2.45) is 11.8 Å². The van der Waals surface area contributed by atoms with Gasteiger partial charge >= 0.3 is 0 Å². The fourth-order valence-corrected chi connectivity index (χ4v) is 7.85. The Labute approximate surface area is 224 Å². The minimum atomic E-state index is -0.0177. The molecule has 0 aromatic heterocycles. The molecule has 3 aliphatic carbocycles. The molecule has 2 heteroatoms. The van der Waals surface area contributed by atoms with Gasteiger partial charge in [-0.25, -0.2) is 8.78 Å². The molecule has 0 N–H and O–H groups in total. The lowest BCUT2D eigenvalue weighted by Gasteiger charge is -2.31. The van der Waals surface area contributed by atoms with E-state index in [1.807, 2.05) is 12.1 Å². The van der Waals surface area contributed by atoms with Gasteiger partial charge in [-0.1, -0.05) is 50.1 Å². The predicted octanol–water partition coefficient (Wildman–Crippen LogP) is 10.9. The molecule has 37 heavy (non-hydrogen) atoms. The van der Waals surface area contributed by atoms with Gasteiger partial charge in [0.15, 0.2) is 0 Å². The molecule has 2 aromatic carbocycles. The van der Waals surface area contributed by atoms with E-state index in [0.29, 0.717) is 23.7 Å². The van der Waals surface area contributed by atoms with Crippen molar-refractivity contribution in [2.75, 3.05) is 0 Å². The van der Waals surface area contributed by atoms with E-state index in [-0.39, 0.29) is 17.6 Å². The highest BCUT2D eigenvalue weighted by molar-refractivity contribution is 5.33. The third kappa shape index (κ3) is 6.21. The highest BCUT2D eigenvalue weighted by Crippen LogP contribution is 2.44. The van der Waals surface area contributed by atoms with Crippen LogP contribution < -0.4 is 0 Å². The highest BCUT2D eigenvalue weighted by Gasteiger charge is 2.28. The van der Waals surface area contributed by atoms with Gasteiger partial charge in [0.25, 0.3) is 0 Å². The van der Waals surface area contributed by atoms with Gasteiger partial charge in [-0.2, -0.15) is 0 Å². The maximum atomic E-state index is 15.2. The van der Waals surface area contributed by atoms with Crippen LogP contribution in [0.2, 0.25) is 0 Å². The summed E-state index contributed by atoms with van der Waals surface area (Å²) in [5.41, 5.74) is 4.15. The largest absolute Gasteiger partial charge is 0.207 e. The zero-order valence-electron chi connectivity index (χ0n) is 22.9. The Morgan fingerprint density at radius 3 is 1.51 bits per heavy atom. The van der Waals surface area contributed by atoms with Crippen molar-refractivity contribution < 1.29 is 8.78 Å². The molecule has 3 aliphatic rings. The van der Waals surface area contributed by atoms with E-state index in [0.717, 1.165) is 74.0 Å². The molecule has 0 nitrogen and oxygen atoms in total. The fourth-order valence-electron chi connectivity index (χ4n) is 7.85. The summed E-state index contributed by atoms with van der Waals surface area (Å²) in [7, 11) is 0. The van der Waals surface area contributed by atoms with E-state index in [1.165, 1.54) is 44.1 Å². The molecular weight excluding hydrogens is 458 g/mol. The lowest BCUT2D eigenvalue weighted by molar-refractivity contribution is 0.304. The predicted molar refractivity (Wildman–Crippen MR) is 151 cm³/mol. The number of allylic oxidation sites excluding steroid dienone is 1. The van der Waals surface area contributed by atoms with Crippen molar-refractivity contribution in [3.63, 3.8) is 0 Å². The topological polar surface area (TPSA) is 0 Å². The van der Waals surface area contributed by atoms with Gasteiger partial charge in [-0.3, -0.25) is 0 Å². The van der Waals surface area contributed by atoms with Crippen molar-refractivity contribution >= 4 is 0 Å². The molecule has 0 amide bonds. The smallest absolute Gasteiger partial charge is 0.126 e. The first kappa shape index (κ1) is 26.6. The molecule has 3 saturated carbocycles. The van der Waals surface area contributed by atoms with Gasteiger partial charge in [-0.05, 0) is 147 Å². The van der Waals surface area contributed by atoms with Gasteiger partial charge in [0, 0.05) is 0 Å². The van der Waals surface area contributed by atoms with Crippen molar-refractivity contribution in [1.82, 2.24) is 0 Å². The van der Waals surface area contributed by atoms with Crippen LogP contribution in [0.5, 0.6) is 0 Å². The molecule has 0 radical (unpaired) electrons. The van der Waals surface area contributed by atoms with Crippen LogP contribution in [-0.2, 0) is 0 Å². The third-order valence-electron chi connectivity index (χ3n) is 10.2. The van der Waals surface area contributed by atoms with E-state index in [4.69, 9.17) is 0 Å². The van der Waals surface area contributed by atoms with E-state index in [1.54, 1.807) is 0 Å². The van der Waals surface area contributed by atoms with Gasteiger partial charge < -0.3 is 0 Å². The highest BCUT2D eigenvalue weighted by atomic mass is 19.1. The van der Waals surface area contributed by atoms with E-state index in [2.05, 4.69) is 43.8 Å². The molecule has 5 rings (SSSR count). The van der Waals surface area contributed by atoms with Gasteiger partial charge in [0.1, 0.15) is 11.6 Å². The summed E-state index contributed by atoms with van der Waals surface area (Å²) in [5, 5.41) is 0. The van der Waals surface area contributed by atoms with Crippen molar-refractivity contribution in [2.45, 2.75) is 120 Å².